The lowest BCUT2D eigenvalue weighted by molar-refractivity contribution is -0.384. The number of thiazole rings is 1. The number of aromatic nitrogens is 1. The van der Waals surface area contributed by atoms with E-state index in [0.29, 0.717) is 10.5 Å². The molecule has 6 nitrogen and oxygen atoms in total. The van der Waals surface area contributed by atoms with E-state index in [1.54, 1.807) is 17.6 Å². The predicted octanol–water partition coefficient (Wildman–Crippen LogP) is 3.61. The quantitative estimate of drug-likeness (QED) is 0.633. The van der Waals surface area contributed by atoms with Gasteiger partial charge in [0.1, 0.15) is 0 Å². The summed E-state index contributed by atoms with van der Waals surface area (Å²) in [5, 5.41) is 12.7. The van der Waals surface area contributed by atoms with Crippen molar-refractivity contribution in [3.8, 4) is 0 Å². The van der Waals surface area contributed by atoms with Gasteiger partial charge in [-0.25, -0.2) is 4.99 Å². The Labute approximate surface area is 138 Å². The average molecular weight is 333 g/mol. The monoisotopic (exact) mass is 333 g/mol. The zero-order chi connectivity index (χ0) is 17.2. The highest BCUT2D eigenvalue weighted by Crippen LogP contribution is 2.23. The molecule has 1 aromatic carbocycles. The van der Waals surface area contributed by atoms with Crippen molar-refractivity contribution in [3.05, 3.63) is 50.3 Å². The number of Topliss-reactive ketones (excluding diaryl/α,β-unsaturated/α-hetero) is 1. The maximum absolute atomic E-state index is 12.2. The Bertz CT molecular complexity index is 812. The standard InChI is InChI=1S/C16H19N3O3S/c1-11-9-12(19(21)22)5-6-13(11)17-15-18(7-8-23-15)10-14(20)16(2,3)4/h5-9H,10H2,1-4H3. The van der Waals surface area contributed by atoms with Crippen LogP contribution in [0.5, 0.6) is 0 Å². The number of non-ortho nitro benzene ring substituents is 1. The second-order valence-electron chi connectivity index (χ2n) is 6.33. The second-order valence-corrected chi connectivity index (χ2v) is 7.20. The molecule has 0 spiro atoms. The SMILES string of the molecule is Cc1cc([N+](=O)[O-])ccc1N=c1sccn1CC(=O)C(C)(C)C. The molecule has 23 heavy (non-hydrogen) atoms. The van der Waals surface area contributed by atoms with Gasteiger partial charge in [-0.05, 0) is 18.6 Å². The van der Waals surface area contributed by atoms with Gasteiger partial charge in [0.05, 0.1) is 17.2 Å². The average Bonchev–Trinajstić information content (AvgIpc) is 2.87. The van der Waals surface area contributed by atoms with Gasteiger partial charge >= 0.3 is 0 Å². The van der Waals surface area contributed by atoms with E-state index in [2.05, 4.69) is 4.99 Å². The van der Waals surface area contributed by atoms with Crippen LogP contribution in [0.1, 0.15) is 26.3 Å². The summed E-state index contributed by atoms with van der Waals surface area (Å²) in [4.78, 5) is 27.8. The van der Waals surface area contributed by atoms with E-state index < -0.39 is 10.3 Å². The summed E-state index contributed by atoms with van der Waals surface area (Å²) in [5.74, 6) is 0.123. The molecule has 0 aliphatic rings. The Kier molecular flexibility index (Phi) is 4.79. The van der Waals surface area contributed by atoms with Crippen LogP contribution in [0.15, 0.2) is 34.8 Å². The fourth-order valence-corrected chi connectivity index (χ4v) is 2.62. The number of hydrogen-bond acceptors (Lipinski definition) is 5. The zero-order valence-electron chi connectivity index (χ0n) is 13.6. The summed E-state index contributed by atoms with van der Waals surface area (Å²) in [5.41, 5.74) is 1.02. The van der Waals surface area contributed by atoms with E-state index in [0.717, 1.165) is 5.56 Å². The molecule has 0 amide bonds. The van der Waals surface area contributed by atoms with Gasteiger partial charge in [-0.2, -0.15) is 0 Å². The molecule has 0 saturated carbocycles. The Morgan fingerprint density at radius 3 is 2.65 bits per heavy atom. The Morgan fingerprint density at radius 1 is 1.39 bits per heavy atom. The van der Waals surface area contributed by atoms with Gasteiger partial charge in [-0.1, -0.05) is 20.8 Å². The van der Waals surface area contributed by atoms with Crippen LogP contribution in [-0.2, 0) is 11.3 Å². The second kappa shape index (κ2) is 6.45. The van der Waals surface area contributed by atoms with Crippen molar-refractivity contribution >= 4 is 28.5 Å². The third kappa shape index (κ3) is 4.13. The van der Waals surface area contributed by atoms with Gasteiger partial charge in [-0.15, -0.1) is 11.3 Å². The first-order valence-electron chi connectivity index (χ1n) is 7.15. The van der Waals surface area contributed by atoms with Crippen molar-refractivity contribution in [1.82, 2.24) is 4.57 Å². The van der Waals surface area contributed by atoms with E-state index in [1.807, 2.05) is 32.3 Å². The molecule has 0 aliphatic carbocycles. The summed E-state index contributed by atoms with van der Waals surface area (Å²) in [6.45, 7) is 7.71. The lowest BCUT2D eigenvalue weighted by Crippen LogP contribution is -2.28. The number of nitrogens with zero attached hydrogens (tertiary/aromatic N) is 3. The number of benzene rings is 1. The van der Waals surface area contributed by atoms with Crippen LogP contribution in [0.25, 0.3) is 0 Å². The van der Waals surface area contributed by atoms with E-state index in [9.17, 15) is 14.9 Å². The first-order chi connectivity index (χ1) is 10.7. The van der Waals surface area contributed by atoms with E-state index in [4.69, 9.17) is 0 Å². The summed E-state index contributed by atoms with van der Waals surface area (Å²) in [6, 6.07) is 4.56. The molecule has 122 valence electrons. The topological polar surface area (TPSA) is 77.5 Å². The molecule has 0 bridgehead atoms. The normalized spacial score (nSPS) is 12.4. The highest BCUT2D eigenvalue weighted by Gasteiger charge is 2.21. The molecule has 0 aliphatic heterocycles. The summed E-state index contributed by atoms with van der Waals surface area (Å²) >= 11 is 1.43. The maximum atomic E-state index is 12.2. The molecule has 0 radical (unpaired) electrons. The Morgan fingerprint density at radius 2 is 2.09 bits per heavy atom. The minimum absolute atomic E-state index is 0.0448. The predicted molar refractivity (Wildman–Crippen MR) is 89.8 cm³/mol. The summed E-state index contributed by atoms with van der Waals surface area (Å²) in [6.07, 6.45) is 1.83. The molecular weight excluding hydrogens is 314 g/mol. The van der Waals surface area contributed by atoms with Crippen LogP contribution < -0.4 is 4.80 Å². The van der Waals surface area contributed by atoms with Gasteiger partial charge in [0.2, 0.25) is 0 Å². The number of nitro benzene ring substituents is 1. The molecule has 2 aromatic rings. The van der Waals surface area contributed by atoms with Gasteiger partial charge in [0.25, 0.3) is 5.69 Å². The first-order valence-corrected chi connectivity index (χ1v) is 8.03. The lowest BCUT2D eigenvalue weighted by Gasteiger charge is -2.16. The fourth-order valence-electron chi connectivity index (χ4n) is 1.88. The highest BCUT2D eigenvalue weighted by molar-refractivity contribution is 7.07. The number of hydrogen-bond donors (Lipinski definition) is 0. The molecule has 7 heteroatoms. The number of ketones is 1. The van der Waals surface area contributed by atoms with Crippen molar-refractivity contribution in [1.29, 1.82) is 0 Å². The number of rotatable bonds is 4. The number of aryl methyl sites for hydroxylation is 1. The van der Waals surface area contributed by atoms with Crippen molar-refractivity contribution in [2.24, 2.45) is 10.4 Å². The van der Waals surface area contributed by atoms with Crippen molar-refractivity contribution in [3.63, 3.8) is 0 Å². The van der Waals surface area contributed by atoms with Crippen LogP contribution >= 0.6 is 11.3 Å². The molecule has 1 aromatic heterocycles. The molecule has 0 unspecified atom stereocenters. The van der Waals surface area contributed by atoms with Crippen LogP contribution in [0.2, 0.25) is 0 Å². The van der Waals surface area contributed by atoms with Crippen molar-refractivity contribution < 1.29 is 9.72 Å². The van der Waals surface area contributed by atoms with E-state index >= 15 is 0 Å². The zero-order valence-corrected chi connectivity index (χ0v) is 14.4. The number of carbonyl (C=O) groups excluding carboxylic acids is 1. The van der Waals surface area contributed by atoms with Crippen LogP contribution in [0.4, 0.5) is 11.4 Å². The largest absolute Gasteiger partial charge is 0.316 e. The Balaban J connectivity index is 2.37. The summed E-state index contributed by atoms with van der Waals surface area (Å²) < 4.78 is 1.80. The third-order valence-electron chi connectivity index (χ3n) is 3.42. The minimum Gasteiger partial charge on any atom is -0.316 e. The van der Waals surface area contributed by atoms with E-state index in [1.165, 1.54) is 23.5 Å². The number of carbonyl (C=O) groups is 1. The molecule has 0 atom stereocenters. The lowest BCUT2D eigenvalue weighted by atomic mass is 9.91. The van der Waals surface area contributed by atoms with Crippen LogP contribution in [0.3, 0.4) is 0 Å². The van der Waals surface area contributed by atoms with Gasteiger partial charge < -0.3 is 4.57 Å². The van der Waals surface area contributed by atoms with Gasteiger partial charge in [0, 0.05) is 29.1 Å². The van der Waals surface area contributed by atoms with E-state index in [-0.39, 0.29) is 18.0 Å². The smallest absolute Gasteiger partial charge is 0.269 e. The van der Waals surface area contributed by atoms with Crippen molar-refractivity contribution in [2.75, 3.05) is 0 Å². The molecule has 0 N–H and O–H groups in total. The minimum atomic E-state index is -0.426. The molecule has 0 fully saturated rings. The third-order valence-corrected chi connectivity index (χ3v) is 4.21. The molecule has 2 rings (SSSR count). The van der Waals surface area contributed by atoms with Gasteiger partial charge in [-0.3, -0.25) is 14.9 Å². The Hall–Kier alpha value is -2.28. The summed E-state index contributed by atoms with van der Waals surface area (Å²) in [7, 11) is 0. The molecule has 1 heterocycles. The van der Waals surface area contributed by atoms with Crippen LogP contribution in [0, 0.1) is 22.5 Å². The highest BCUT2D eigenvalue weighted by atomic mass is 32.1. The van der Waals surface area contributed by atoms with Crippen molar-refractivity contribution in [2.45, 2.75) is 34.2 Å². The maximum Gasteiger partial charge on any atom is 0.269 e. The van der Waals surface area contributed by atoms with Crippen LogP contribution in [-0.4, -0.2) is 15.3 Å². The molecular formula is C16H19N3O3S. The molecule has 0 saturated heterocycles. The fraction of sp³-hybridized carbons (Fsp3) is 0.375. The van der Waals surface area contributed by atoms with Gasteiger partial charge in [0.15, 0.2) is 10.6 Å². The number of nitro groups is 1. The first kappa shape index (κ1) is 17.1.